The smallest absolute Gasteiger partial charge is 0.194 e. The number of hydrogen-bond acceptors (Lipinski definition) is 3. The number of hydrogen-bond donors (Lipinski definition) is 2. The van der Waals surface area contributed by atoms with E-state index in [0.29, 0.717) is 22.6 Å². The highest BCUT2D eigenvalue weighted by molar-refractivity contribution is 6.24. The fourth-order valence-corrected chi connectivity index (χ4v) is 7.14. The zero-order chi connectivity index (χ0) is 35.3. The van der Waals surface area contributed by atoms with E-state index in [9.17, 15) is 15.0 Å². The normalized spacial score (nSPS) is 14.7. The van der Waals surface area contributed by atoms with Crippen LogP contribution < -0.4 is 0 Å². The molecule has 0 radical (unpaired) electrons. The number of aromatic hydroxyl groups is 2. The minimum atomic E-state index is -0.353. The largest absolute Gasteiger partial charge is 0.507 e. The predicted octanol–water partition coefficient (Wildman–Crippen LogP) is 11.5. The first-order valence-electron chi connectivity index (χ1n) is 17.1. The molecule has 0 bridgehead atoms. The van der Waals surface area contributed by atoms with Crippen LogP contribution in [0.2, 0.25) is 0 Å². The van der Waals surface area contributed by atoms with Crippen molar-refractivity contribution in [2.45, 2.75) is 105 Å². The molecule has 2 aliphatic carbocycles. The van der Waals surface area contributed by atoms with Crippen LogP contribution in [-0.4, -0.2) is 16.0 Å². The highest BCUT2D eigenvalue weighted by atomic mass is 16.3. The van der Waals surface area contributed by atoms with E-state index in [1.807, 2.05) is 24.3 Å². The van der Waals surface area contributed by atoms with Crippen molar-refractivity contribution in [3.8, 4) is 33.8 Å². The van der Waals surface area contributed by atoms with Crippen LogP contribution in [0.5, 0.6) is 11.5 Å². The first-order chi connectivity index (χ1) is 22.1. The molecule has 248 valence electrons. The van der Waals surface area contributed by atoms with Crippen LogP contribution in [0.1, 0.15) is 132 Å². The molecule has 0 unspecified atom stereocenters. The molecule has 0 aromatic heterocycles. The van der Waals surface area contributed by atoms with Crippen molar-refractivity contribution in [1.82, 2.24) is 0 Å². The zero-order valence-electron chi connectivity index (χ0n) is 30.7. The van der Waals surface area contributed by atoms with E-state index in [-0.39, 0.29) is 27.4 Å². The van der Waals surface area contributed by atoms with Crippen LogP contribution in [0.3, 0.4) is 0 Å². The van der Waals surface area contributed by atoms with Gasteiger partial charge in [-0.05, 0) is 84.9 Å². The number of fused-ring (bicyclic) bond motifs is 2. The maximum absolute atomic E-state index is 14.9. The fraction of sp³-hybridized carbons (Fsp3) is 0.356. The lowest BCUT2D eigenvalue weighted by molar-refractivity contribution is 0.103. The van der Waals surface area contributed by atoms with Gasteiger partial charge >= 0.3 is 0 Å². The molecule has 3 heteroatoms. The Labute approximate surface area is 287 Å². The van der Waals surface area contributed by atoms with Gasteiger partial charge in [0.25, 0.3) is 0 Å². The minimum Gasteiger partial charge on any atom is -0.507 e. The van der Waals surface area contributed by atoms with Crippen molar-refractivity contribution >= 4 is 11.4 Å². The van der Waals surface area contributed by atoms with Gasteiger partial charge in [-0.15, -0.1) is 0 Å². The van der Waals surface area contributed by atoms with Gasteiger partial charge in [0.1, 0.15) is 11.5 Å². The Bertz CT molecular complexity index is 1990. The molecule has 0 fully saturated rings. The second-order valence-corrected chi connectivity index (χ2v) is 17.8. The quantitative estimate of drug-likeness (QED) is 0.202. The molecule has 0 spiro atoms. The average Bonchev–Trinajstić information content (AvgIpc) is 3.80. The lowest BCUT2D eigenvalue weighted by atomic mass is 9.72. The SMILES string of the molecule is CC(C)(C)c1cc(-c2ccc3c(c2-c2cc(C(C)(C)C)c(O)c(C(C)(C)C)c2)C(=O)c2ccccc2C3=C2C=C2)cc(C(C)(C)C)c1O. The van der Waals surface area contributed by atoms with Gasteiger partial charge < -0.3 is 10.2 Å². The molecule has 2 aliphatic rings. The standard InChI is InChI=1S/C45H50O3/c1-42(2,3)32-21-26(22-33(40(32)47)43(4,5)6)28-19-20-31-36(25-17-18-25)29-15-13-14-16-30(29)39(46)38(31)37(28)27-23-34(44(7,8)9)41(48)35(24-27)45(10,11)12/h13-24,47-48H,1-12H3. The summed E-state index contributed by atoms with van der Waals surface area (Å²) in [6.07, 6.45) is 4.22. The third-order valence-electron chi connectivity index (χ3n) is 9.82. The van der Waals surface area contributed by atoms with Gasteiger partial charge in [0.2, 0.25) is 0 Å². The summed E-state index contributed by atoms with van der Waals surface area (Å²) in [5.41, 5.74) is 11.2. The Hall–Kier alpha value is -4.37. The van der Waals surface area contributed by atoms with Crippen LogP contribution in [-0.2, 0) is 21.7 Å². The molecule has 0 saturated heterocycles. The molecule has 2 N–H and O–H groups in total. The van der Waals surface area contributed by atoms with Gasteiger partial charge in [0.15, 0.2) is 5.78 Å². The van der Waals surface area contributed by atoms with Crippen LogP contribution >= 0.6 is 0 Å². The molecule has 0 heterocycles. The third kappa shape index (κ3) is 5.62. The van der Waals surface area contributed by atoms with Gasteiger partial charge in [-0.25, -0.2) is 0 Å². The molecule has 0 amide bonds. The molecule has 4 aromatic carbocycles. The maximum atomic E-state index is 14.9. The summed E-state index contributed by atoms with van der Waals surface area (Å²) >= 11 is 0. The van der Waals surface area contributed by atoms with E-state index in [1.54, 1.807) is 0 Å². The summed E-state index contributed by atoms with van der Waals surface area (Å²) in [5, 5.41) is 23.4. The predicted molar refractivity (Wildman–Crippen MR) is 200 cm³/mol. The Kier molecular flexibility index (Phi) is 7.56. The van der Waals surface area contributed by atoms with Gasteiger partial charge in [-0.1, -0.05) is 132 Å². The van der Waals surface area contributed by atoms with Crippen molar-refractivity contribution in [2.75, 3.05) is 0 Å². The number of carbonyl (C=O) groups is 1. The molecular weight excluding hydrogens is 588 g/mol. The van der Waals surface area contributed by atoms with E-state index in [1.165, 1.54) is 0 Å². The number of phenols is 2. The molecule has 3 nitrogen and oxygen atoms in total. The third-order valence-corrected chi connectivity index (χ3v) is 9.82. The number of ketones is 1. The van der Waals surface area contributed by atoms with E-state index < -0.39 is 0 Å². The highest BCUT2D eigenvalue weighted by Gasteiger charge is 2.36. The lowest BCUT2D eigenvalue weighted by Gasteiger charge is -2.31. The Morgan fingerprint density at radius 3 is 1.27 bits per heavy atom. The van der Waals surface area contributed by atoms with Crippen LogP contribution in [0.4, 0.5) is 0 Å². The van der Waals surface area contributed by atoms with Gasteiger partial charge in [-0.2, -0.15) is 0 Å². The number of allylic oxidation sites excluding steroid dienone is 3. The van der Waals surface area contributed by atoms with Crippen molar-refractivity contribution in [3.05, 3.63) is 123 Å². The molecule has 6 rings (SSSR count). The zero-order valence-corrected chi connectivity index (χ0v) is 30.7. The van der Waals surface area contributed by atoms with E-state index in [0.717, 1.165) is 66.8 Å². The Balaban J connectivity index is 1.82. The molecule has 0 saturated carbocycles. The van der Waals surface area contributed by atoms with E-state index >= 15 is 0 Å². The molecule has 48 heavy (non-hydrogen) atoms. The number of carbonyl (C=O) groups excluding carboxylic acids is 1. The second-order valence-electron chi connectivity index (χ2n) is 17.8. The first-order valence-corrected chi connectivity index (χ1v) is 17.1. The summed E-state index contributed by atoms with van der Waals surface area (Å²) in [6, 6.07) is 20.6. The van der Waals surface area contributed by atoms with Crippen LogP contribution in [0, 0.1) is 0 Å². The van der Waals surface area contributed by atoms with E-state index in [2.05, 4.69) is 132 Å². The maximum Gasteiger partial charge on any atom is 0.194 e. The van der Waals surface area contributed by atoms with Crippen molar-refractivity contribution < 1.29 is 15.0 Å². The van der Waals surface area contributed by atoms with Crippen LogP contribution in [0.25, 0.3) is 27.8 Å². The van der Waals surface area contributed by atoms with Crippen molar-refractivity contribution in [2.24, 2.45) is 0 Å². The van der Waals surface area contributed by atoms with Gasteiger partial charge in [-0.3, -0.25) is 4.79 Å². The molecule has 4 aromatic rings. The number of rotatable bonds is 2. The molecule has 0 atom stereocenters. The summed E-state index contributed by atoms with van der Waals surface area (Å²) in [4.78, 5) is 14.9. The van der Waals surface area contributed by atoms with Crippen molar-refractivity contribution in [3.63, 3.8) is 0 Å². The number of benzene rings is 4. The fourth-order valence-electron chi connectivity index (χ4n) is 7.14. The minimum absolute atomic E-state index is 0.00369. The second kappa shape index (κ2) is 10.8. The summed E-state index contributed by atoms with van der Waals surface area (Å²) in [7, 11) is 0. The summed E-state index contributed by atoms with van der Waals surface area (Å²) in [5.74, 6) is 0.627. The monoisotopic (exact) mass is 638 g/mol. The summed E-state index contributed by atoms with van der Waals surface area (Å²) < 4.78 is 0. The topological polar surface area (TPSA) is 57.5 Å². The van der Waals surface area contributed by atoms with Gasteiger partial charge in [0, 0.05) is 38.9 Å². The highest BCUT2D eigenvalue weighted by Crippen LogP contribution is 2.51. The van der Waals surface area contributed by atoms with Crippen LogP contribution in [0.15, 0.2) is 78.4 Å². The average molecular weight is 639 g/mol. The summed E-state index contributed by atoms with van der Waals surface area (Å²) in [6.45, 7) is 25.5. The molecular formula is C45H50O3. The first kappa shape index (κ1) is 33.5. The van der Waals surface area contributed by atoms with Crippen molar-refractivity contribution in [1.29, 1.82) is 0 Å². The van der Waals surface area contributed by atoms with Gasteiger partial charge in [0.05, 0.1) is 0 Å². The lowest BCUT2D eigenvalue weighted by Crippen LogP contribution is -2.19. The molecule has 0 aliphatic heterocycles. The number of phenolic OH excluding ortho intramolecular Hbond substituents is 2. The Morgan fingerprint density at radius 1 is 0.458 bits per heavy atom. The Morgan fingerprint density at radius 2 is 0.854 bits per heavy atom. The van der Waals surface area contributed by atoms with E-state index in [4.69, 9.17) is 0 Å².